The second-order valence-electron chi connectivity index (χ2n) is 7.50. The number of rotatable bonds is 9. The number of thioether (sulfide) groups is 1. The van der Waals surface area contributed by atoms with Crippen molar-refractivity contribution in [3.63, 3.8) is 0 Å². The molecule has 0 saturated heterocycles. The van der Waals surface area contributed by atoms with Crippen molar-refractivity contribution in [2.24, 2.45) is 0 Å². The molecule has 2 aromatic heterocycles. The number of para-hydroxylation sites is 1. The molecule has 0 radical (unpaired) electrons. The van der Waals surface area contributed by atoms with Gasteiger partial charge in [-0.15, -0.1) is 21.5 Å². The fourth-order valence-electron chi connectivity index (χ4n) is 3.44. The summed E-state index contributed by atoms with van der Waals surface area (Å²) in [7, 11) is 0. The van der Waals surface area contributed by atoms with Crippen LogP contribution in [0.2, 0.25) is 0 Å². The number of thiazole rings is 1. The lowest BCUT2D eigenvalue weighted by atomic mass is 10.1. The summed E-state index contributed by atoms with van der Waals surface area (Å²) in [5.41, 5.74) is 5.03. The molecule has 0 saturated carbocycles. The van der Waals surface area contributed by atoms with Gasteiger partial charge in [0, 0.05) is 23.2 Å². The predicted octanol–water partition coefficient (Wildman–Crippen LogP) is 5.38. The zero-order chi connectivity index (χ0) is 23.2. The summed E-state index contributed by atoms with van der Waals surface area (Å²) in [6.07, 6.45) is 0. The van der Waals surface area contributed by atoms with Crippen molar-refractivity contribution >= 4 is 39.8 Å². The zero-order valence-electron chi connectivity index (χ0n) is 18.8. The van der Waals surface area contributed by atoms with Gasteiger partial charge in [-0.3, -0.25) is 4.79 Å². The van der Waals surface area contributed by atoms with E-state index < -0.39 is 0 Å². The third-order valence-electron chi connectivity index (χ3n) is 5.16. The number of carbonyl (C=O) groups excluding carboxylic acids is 1. The minimum atomic E-state index is -0.0565. The normalized spacial score (nSPS) is 10.9. The van der Waals surface area contributed by atoms with Crippen molar-refractivity contribution in [1.29, 1.82) is 0 Å². The Hall–Kier alpha value is -3.17. The quantitative estimate of drug-likeness (QED) is 0.314. The Morgan fingerprint density at radius 3 is 2.55 bits per heavy atom. The number of anilines is 2. The molecule has 0 unspecified atom stereocenters. The van der Waals surface area contributed by atoms with Crippen molar-refractivity contribution in [2.45, 2.75) is 39.0 Å². The highest BCUT2D eigenvalue weighted by atomic mass is 32.2. The van der Waals surface area contributed by atoms with Gasteiger partial charge in [0.15, 0.2) is 16.1 Å². The molecule has 7 nitrogen and oxygen atoms in total. The topological polar surface area (TPSA) is 84.7 Å². The largest absolute Gasteiger partial charge is 0.354 e. The smallest absolute Gasteiger partial charge is 0.234 e. The number of benzene rings is 2. The van der Waals surface area contributed by atoms with E-state index in [9.17, 15) is 4.79 Å². The lowest BCUT2D eigenvalue weighted by Crippen LogP contribution is -2.16. The van der Waals surface area contributed by atoms with Crippen LogP contribution in [-0.4, -0.2) is 31.4 Å². The number of aryl methyl sites for hydroxylation is 2. The standard InChI is InChI=1S/C24H26N6OS2/c1-4-30-20(13-25-23-26-19(14-32-23)18-11-6-5-7-12-18)28-29-24(30)33-15-21(31)27-22-16(2)9-8-10-17(22)3/h5-12,14H,4,13,15H2,1-3H3,(H,25,26)(H,27,31). The summed E-state index contributed by atoms with van der Waals surface area (Å²) >= 11 is 2.95. The van der Waals surface area contributed by atoms with Crippen LogP contribution in [-0.2, 0) is 17.9 Å². The Bertz CT molecular complexity index is 1210. The zero-order valence-corrected chi connectivity index (χ0v) is 20.5. The van der Waals surface area contributed by atoms with Gasteiger partial charge >= 0.3 is 0 Å². The van der Waals surface area contributed by atoms with Crippen molar-refractivity contribution in [3.8, 4) is 11.3 Å². The van der Waals surface area contributed by atoms with E-state index in [0.717, 1.165) is 50.7 Å². The average molecular weight is 479 g/mol. The molecular weight excluding hydrogens is 452 g/mol. The van der Waals surface area contributed by atoms with E-state index in [4.69, 9.17) is 0 Å². The van der Waals surface area contributed by atoms with E-state index in [1.54, 1.807) is 11.3 Å². The van der Waals surface area contributed by atoms with Crippen LogP contribution in [0, 0.1) is 13.8 Å². The van der Waals surface area contributed by atoms with Crippen molar-refractivity contribution in [2.75, 3.05) is 16.4 Å². The van der Waals surface area contributed by atoms with Gasteiger partial charge in [0.1, 0.15) is 0 Å². The molecule has 0 spiro atoms. The average Bonchev–Trinajstić information content (AvgIpc) is 3.46. The minimum absolute atomic E-state index is 0.0565. The molecule has 2 heterocycles. The molecule has 0 fully saturated rings. The molecule has 4 rings (SSSR count). The number of hydrogen-bond acceptors (Lipinski definition) is 7. The van der Waals surface area contributed by atoms with Crippen molar-refractivity contribution in [3.05, 3.63) is 70.9 Å². The Kier molecular flexibility index (Phi) is 7.41. The number of nitrogens with zero attached hydrogens (tertiary/aromatic N) is 4. The van der Waals surface area contributed by atoms with Gasteiger partial charge < -0.3 is 15.2 Å². The second kappa shape index (κ2) is 10.6. The summed E-state index contributed by atoms with van der Waals surface area (Å²) in [6.45, 7) is 7.27. The summed E-state index contributed by atoms with van der Waals surface area (Å²) in [5.74, 6) is 1.03. The maximum Gasteiger partial charge on any atom is 0.234 e. The van der Waals surface area contributed by atoms with Crippen LogP contribution >= 0.6 is 23.1 Å². The third-order valence-corrected chi connectivity index (χ3v) is 6.93. The maximum absolute atomic E-state index is 12.5. The first-order valence-corrected chi connectivity index (χ1v) is 12.6. The highest BCUT2D eigenvalue weighted by Gasteiger charge is 2.15. The van der Waals surface area contributed by atoms with E-state index in [0.29, 0.717) is 6.54 Å². The molecule has 0 aliphatic rings. The molecule has 0 aliphatic heterocycles. The van der Waals surface area contributed by atoms with Crippen LogP contribution in [0.5, 0.6) is 0 Å². The van der Waals surface area contributed by atoms with E-state index in [-0.39, 0.29) is 11.7 Å². The summed E-state index contributed by atoms with van der Waals surface area (Å²) in [6, 6.07) is 16.1. The third kappa shape index (κ3) is 5.61. The summed E-state index contributed by atoms with van der Waals surface area (Å²) in [4.78, 5) is 17.2. The molecule has 1 amide bonds. The number of nitrogens with one attached hydrogen (secondary N) is 2. The highest BCUT2D eigenvalue weighted by molar-refractivity contribution is 7.99. The van der Waals surface area contributed by atoms with Gasteiger partial charge in [0.25, 0.3) is 0 Å². The first kappa shape index (κ1) is 23.0. The van der Waals surface area contributed by atoms with Crippen LogP contribution in [0.1, 0.15) is 23.9 Å². The fraction of sp³-hybridized carbons (Fsp3) is 0.250. The van der Waals surface area contributed by atoms with Crippen LogP contribution in [0.25, 0.3) is 11.3 Å². The summed E-state index contributed by atoms with van der Waals surface area (Å²) in [5, 5.41) is 18.6. The fourth-order valence-corrected chi connectivity index (χ4v) is 4.98. The van der Waals surface area contributed by atoms with Crippen LogP contribution in [0.4, 0.5) is 10.8 Å². The molecule has 2 aromatic carbocycles. The van der Waals surface area contributed by atoms with Crippen LogP contribution in [0.15, 0.2) is 59.1 Å². The monoisotopic (exact) mass is 478 g/mol. The molecule has 170 valence electrons. The first-order valence-electron chi connectivity index (χ1n) is 10.7. The maximum atomic E-state index is 12.5. The Balaban J connectivity index is 1.35. The van der Waals surface area contributed by atoms with Gasteiger partial charge in [-0.05, 0) is 31.9 Å². The van der Waals surface area contributed by atoms with Crippen LogP contribution in [0.3, 0.4) is 0 Å². The van der Waals surface area contributed by atoms with E-state index >= 15 is 0 Å². The Morgan fingerprint density at radius 1 is 1.06 bits per heavy atom. The number of carbonyl (C=O) groups is 1. The number of amides is 1. The van der Waals surface area contributed by atoms with E-state index in [1.165, 1.54) is 11.8 Å². The number of aromatic nitrogens is 4. The molecular formula is C24H26N6OS2. The predicted molar refractivity (Wildman–Crippen MR) is 136 cm³/mol. The second-order valence-corrected chi connectivity index (χ2v) is 9.30. The van der Waals surface area contributed by atoms with E-state index in [2.05, 4.69) is 25.8 Å². The van der Waals surface area contributed by atoms with Crippen molar-refractivity contribution in [1.82, 2.24) is 19.7 Å². The lowest BCUT2D eigenvalue weighted by Gasteiger charge is -2.11. The molecule has 33 heavy (non-hydrogen) atoms. The SMILES string of the molecule is CCn1c(CNc2nc(-c3ccccc3)cs2)nnc1SCC(=O)Nc1c(C)cccc1C. The van der Waals surface area contributed by atoms with Gasteiger partial charge in [-0.1, -0.05) is 60.3 Å². The summed E-state index contributed by atoms with van der Waals surface area (Å²) < 4.78 is 2.02. The molecule has 0 aliphatic carbocycles. The minimum Gasteiger partial charge on any atom is -0.354 e. The molecule has 9 heteroatoms. The Morgan fingerprint density at radius 2 is 1.82 bits per heavy atom. The van der Waals surface area contributed by atoms with Crippen LogP contribution < -0.4 is 10.6 Å². The van der Waals surface area contributed by atoms with Crippen molar-refractivity contribution < 1.29 is 4.79 Å². The first-order chi connectivity index (χ1) is 16.0. The van der Waals surface area contributed by atoms with Gasteiger partial charge in [-0.2, -0.15) is 0 Å². The number of hydrogen-bond donors (Lipinski definition) is 2. The molecule has 2 N–H and O–H groups in total. The van der Waals surface area contributed by atoms with Gasteiger partial charge in [0.2, 0.25) is 5.91 Å². The van der Waals surface area contributed by atoms with E-state index in [1.807, 2.05) is 79.2 Å². The lowest BCUT2D eigenvalue weighted by molar-refractivity contribution is -0.113. The van der Waals surface area contributed by atoms with Gasteiger partial charge in [0.05, 0.1) is 18.0 Å². The Labute approximate surface area is 201 Å². The molecule has 0 atom stereocenters. The molecule has 0 bridgehead atoms. The van der Waals surface area contributed by atoms with Gasteiger partial charge in [-0.25, -0.2) is 4.98 Å². The highest BCUT2D eigenvalue weighted by Crippen LogP contribution is 2.25. The molecule has 4 aromatic rings.